The second-order valence-corrected chi connectivity index (χ2v) is 8.41. The fraction of sp³-hybridized carbons (Fsp3) is 0.133. The first-order valence-corrected chi connectivity index (χ1v) is 11.3. The van der Waals surface area contributed by atoms with Crippen LogP contribution in [0.5, 0.6) is 0 Å². The van der Waals surface area contributed by atoms with Gasteiger partial charge in [0.2, 0.25) is 0 Å². The van der Waals surface area contributed by atoms with Gasteiger partial charge in [-0.1, -0.05) is 85.0 Å². The van der Waals surface area contributed by atoms with E-state index in [0.29, 0.717) is 23.7 Å². The van der Waals surface area contributed by atoms with Gasteiger partial charge in [-0.05, 0) is 45.9 Å². The summed E-state index contributed by atoms with van der Waals surface area (Å²) in [5.74, 6) is 1.73. The number of rotatable bonds is 6. The maximum atomic E-state index is 3.19. The van der Waals surface area contributed by atoms with Crippen molar-refractivity contribution in [2.24, 2.45) is 11.8 Å². The third-order valence-electron chi connectivity index (χ3n) is 6.54. The van der Waals surface area contributed by atoms with Gasteiger partial charge in [-0.2, -0.15) is 0 Å². The molecule has 0 bridgehead atoms. The molecule has 2 nitrogen and oxygen atoms in total. The van der Waals surface area contributed by atoms with Crippen LogP contribution in [0.25, 0.3) is 12.2 Å². The molecule has 1 aliphatic carbocycles. The van der Waals surface area contributed by atoms with Gasteiger partial charge in [-0.15, -0.1) is 0 Å². The van der Waals surface area contributed by atoms with Crippen molar-refractivity contribution in [2.75, 3.05) is 0 Å². The molecule has 0 radical (unpaired) electrons. The molecule has 0 unspecified atom stereocenters. The Morgan fingerprint density at radius 2 is 0.906 bits per heavy atom. The first kappa shape index (κ1) is 20.1. The molecule has 0 amide bonds. The molecular formula is C30H28N2+2. The number of allylic oxidation sites excluding steroid dienone is 2. The van der Waals surface area contributed by atoms with Crippen LogP contribution in [-0.2, 0) is 0 Å². The van der Waals surface area contributed by atoms with Crippen LogP contribution < -0.4 is 9.97 Å². The predicted octanol–water partition coefficient (Wildman–Crippen LogP) is 5.86. The molecule has 4 aromatic rings. The third-order valence-corrected chi connectivity index (χ3v) is 6.54. The lowest BCUT2D eigenvalue weighted by Gasteiger charge is -2.51. The molecule has 2 heterocycles. The molecule has 0 aliphatic heterocycles. The predicted molar refractivity (Wildman–Crippen MR) is 129 cm³/mol. The van der Waals surface area contributed by atoms with Crippen molar-refractivity contribution >= 4 is 12.2 Å². The second kappa shape index (κ2) is 9.57. The van der Waals surface area contributed by atoms with E-state index in [2.05, 4.69) is 119 Å². The minimum Gasteiger partial charge on any atom is -0.218 e. The van der Waals surface area contributed by atoms with Gasteiger partial charge in [-0.3, -0.25) is 0 Å². The summed E-state index contributed by atoms with van der Waals surface area (Å²) < 4.78 is 0. The van der Waals surface area contributed by atoms with Gasteiger partial charge in [0.25, 0.3) is 0 Å². The maximum absolute atomic E-state index is 3.19. The highest BCUT2D eigenvalue weighted by atomic mass is 14.6. The van der Waals surface area contributed by atoms with E-state index in [-0.39, 0.29) is 0 Å². The molecule has 0 spiro atoms. The number of benzene rings is 2. The largest absolute Gasteiger partial charge is 0.218 e. The van der Waals surface area contributed by atoms with Crippen LogP contribution in [0.3, 0.4) is 0 Å². The highest BCUT2D eigenvalue weighted by Crippen LogP contribution is 2.59. The Balaban J connectivity index is 1.54. The summed E-state index contributed by atoms with van der Waals surface area (Å²) in [6.45, 7) is 0. The Morgan fingerprint density at radius 1 is 0.469 bits per heavy atom. The highest BCUT2D eigenvalue weighted by Gasteiger charge is 2.49. The van der Waals surface area contributed by atoms with Gasteiger partial charge in [-0.25, -0.2) is 9.97 Å². The molecule has 5 rings (SSSR count). The van der Waals surface area contributed by atoms with Gasteiger partial charge in [0, 0.05) is 24.3 Å². The topological polar surface area (TPSA) is 28.3 Å². The summed E-state index contributed by atoms with van der Waals surface area (Å²) in [6, 6.07) is 30.3. The highest BCUT2D eigenvalue weighted by molar-refractivity contribution is 5.54. The van der Waals surface area contributed by atoms with E-state index in [1.165, 1.54) is 22.3 Å². The number of H-pyrrole nitrogens is 2. The number of hydrogen-bond donors (Lipinski definition) is 0. The zero-order valence-electron chi connectivity index (χ0n) is 18.0. The van der Waals surface area contributed by atoms with Crippen LogP contribution in [0.1, 0.15) is 34.1 Å². The van der Waals surface area contributed by atoms with Crippen molar-refractivity contribution in [1.29, 1.82) is 0 Å². The minimum atomic E-state index is 0.425. The van der Waals surface area contributed by atoms with Crippen molar-refractivity contribution in [3.8, 4) is 0 Å². The Bertz CT molecular complexity index is 1070. The van der Waals surface area contributed by atoms with E-state index in [4.69, 9.17) is 0 Å². The van der Waals surface area contributed by atoms with E-state index in [0.717, 1.165) is 0 Å². The summed E-state index contributed by atoms with van der Waals surface area (Å²) in [4.78, 5) is 6.30. The minimum absolute atomic E-state index is 0.425. The van der Waals surface area contributed by atoms with Crippen LogP contribution in [0.15, 0.2) is 122 Å². The maximum Gasteiger partial charge on any atom is 0.167 e. The van der Waals surface area contributed by atoms with Crippen LogP contribution in [-0.4, -0.2) is 0 Å². The SMILES string of the molecule is C(=C\[C@H]1[C@@H](/C=C/c2cc[nH+]cc2)[C@H](c2ccccc2)[C@@H]1c1cc[nH+]cc1)/c1ccccc1. The number of nitrogens with one attached hydrogen (secondary N) is 2. The summed E-state index contributed by atoms with van der Waals surface area (Å²) in [5, 5.41) is 0. The average molecular weight is 417 g/mol. The molecule has 2 aromatic carbocycles. The monoisotopic (exact) mass is 416 g/mol. The smallest absolute Gasteiger partial charge is 0.167 e. The molecule has 1 saturated carbocycles. The Morgan fingerprint density at radius 3 is 1.47 bits per heavy atom. The number of aromatic amines is 2. The molecule has 32 heavy (non-hydrogen) atoms. The van der Waals surface area contributed by atoms with Crippen molar-refractivity contribution < 1.29 is 9.97 Å². The fourth-order valence-corrected chi connectivity index (χ4v) is 4.98. The van der Waals surface area contributed by atoms with E-state index >= 15 is 0 Å². The molecular weight excluding hydrogens is 388 g/mol. The number of hydrogen-bond acceptors (Lipinski definition) is 0. The molecule has 1 aliphatic rings. The Kier molecular flexibility index (Phi) is 6.02. The molecule has 1 fully saturated rings. The summed E-state index contributed by atoms with van der Waals surface area (Å²) in [7, 11) is 0. The summed E-state index contributed by atoms with van der Waals surface area (Å²) in [5.41, 5.74) is 5.27. The van der Waals surface area contributed by atoms with Crippen molar-refractivity contribution in [2.45, 2.75) is 11.8 Å². The average Bonchev–Trinajstić information content (AvgIpc) is 2.86. The molecule has 4 atom stereocenters. The normalized spacial score (nSPS) is 22.8. The van der Waals surface area contributed by atoms with E-state index in [1.54, 1.807) is 0 Å². The number of pyridine rings is 2. The van der Waals surface area contributed by atoms with Gasteiger partial charge in [0.15, 0.2) is 24.8 Å². The van der Waals surface area contributed by atoms with Crippen LogP contribution in [0.4, 0.5) is 0 Å². The fourth-order valence-electron chi connectivity index (χ4n) is 4.98. The zero-order chi connectivity index (χ0) is 21.6. The third kappa shape index (κ3) is 4.31. The quantitative estimate of drug-likeness (QED) is 0.377. The van der Waals surface area contributed by atoms with Crippen LogP contribution >= 0.6 is 0 Å². The number of aromatic nitrogens is 2. The lowest BCUT2D eigenvalue weighted by atomic mass is 9.52. The first-order chi connectivity index (χ1) is 15.9. The Hall–Kier alpha value is -3.78. The summed E-state index contributed by atoms with van der Waals surface area (Å²) >= 11 is 0. The van der Waals surface area contributed by atoms with Crippen LogP contribution in [0.2, 0.25) is 0 Å². The summed E-state index contributed by atoms with van der Waals surface area (Å²) in [6.07, 6.45) is 17.4. The van der Waals surface area contributed by atoms with Gasteiger partial charge < -0.3 is 0 Å². The van der Waals surface area contributed by atoms with Gasteiger partial charge in [0.05, 0.1) is 0 Å². The Labute approximate surface area is 190 Å². The standard InChI is InChI=1S/C30H26N2/c1-3-7-23(8-4-1)11-13-28-27(14-12-24-15-19-31-20-16-24)29(25-9-5-2-6-10-25)30(28)26-17-21-32-22-18-26/h1-22,27-30H/p+2/b13-11+,14-12+/t27-,28+,29+,30-/m1/s1. The van der Waals surface area contributed by atoms with Crippen molar-refractivity contribution in [3.05, 3.63) is 144 Å². The molecule has 2 heteroatoms. The van der Waals surface area contributed by atoms with E-state index in [9.17, 15) is 0 Å². The van der Waals surface area contributed by atoms with Gasteiger partial charge >= 0.3 is 0 Å². The second-order valence-electron chi connectivity index (χ2n) is 8.41. The van der Waals surface area contributed by atoms with E-state index in [1.807, 2.05) is 24.8 Å². The lowest BCUT2D eigenvalue weighted by molar-refractivity contribution is -0.378. The van der Waals surface area contributed by atoms with Crippen molar-refractivity contribution in [3.63, 3.8) is 0 Å². The van der Waals surface area contributed by atoms with Crippen LogP contribution in [0, 0.1) is 11.8 Å². The van der Waals surface area contributed by atoms with Gasteiger partial charge in [0.1, 0.15) is 0 Å². The molecule has 0 saturated heterocycles. The molecule has 2 aromatic heterocycles. The van der Waals surface area contributed by atoms with E-state index < -0.39 is 0 Å². The molecule has 156 valence electrons. The van der Waals surface area contributed by atoms with Crippen molar-refractivity contribution in [1.82, 2.24) is 0 Å². The molecule has 2 N–H and O–H groups in total. The lowest BCUT2D eigenvalue weighted by Crippen LogP contribution is -2.41. The first-order valence-electron chi connectivity index (χ1n) is 11.3. The zero-order valence-corrected chi connectivity index (χ0v) is 18.0.